The number of rotatable bonds is 5. The number of para-hydroxylation sites is 1. The number of benzene rings is 1. The van der Waals surface area contributed by atoms with Crippen molar-refractivity contribution in [1.29, 1.82) is 0 Å². The van der Waals surface area contributed by atoms with Gasteiger partial charge in [0.2, 0.25) is 0 Å². The second-order valence-electron chi connectivity index (χ2n) is 4.76. The molecule has 4 nitrogen and oxygen atoms in total. The van der Waals surface area contributed by atoms with E-state index in [-0.39, 0.29) is 6.54 Å². The molecular weight excluding hydrogens is 286 g/mol. The molecular formula is C13H16F2N2O2S. The van der Waals surface area contributed by atoms with Gasteiger partial charge in [-0.25, -0.2) is 4.79 Å². The maximum atomic E-state index is 12.4. The molecule has 0 bridgehead atoms. The highest BCUT2D eigenvalue weighted by Gasteiger charge is 2.34. The van der Waals surface area contributed by atoms with E-state index in [1.165, 1.54) is 6.07 Å². The topological polar surface area (TPSA) is 61.4 Å². The van der Waals surface area contributed by atoms with Crippen LogP contribution < -0.4 is 10.6 Å². The number of aliphatic hydroxyl groups is 1. The lowest BCUT2D eigenvalue weighted by atomic mass is 9.80. The molecule has 0 saturated heterocycles. The van der Waals surface area contributed by atoms with E-state index < -0.39 is 17.4 Å². The minimum absolute atomic E-state index is 0.170. The third-order valence-corrected chi connectivity index (χ3v) is 4.00. The Kier molecular flexibility index (Phi) is 4.82. The number of hydrogen-bond acceptors (Lipinski definition) is 3. The normalized spacial score (nSPS) is 16.6. The molecule has 0 heterocycles. The van der Waals surface area contributed by atoms with Crippen molar-refractivity contribution in [2.45, 2.75) is 35.5 Å². The Bertz CT molecular complexity index is 481. The summed E-state index contributed by atoms with van der Waals surface area (Å²) in [5, 5.41) is 14.9. The zero-order chi connectivity index (χ0) is 14.6. The summed E-state index contributed by atoms with van der Waals surface area (Å²) < 4.78 is 24.8. The van der Waals surface area contributed by atoms with Crippen molar-refractivity contribution in [1.82, 2.24) is 5.32 Å². The predicted octanol–water partition coefficient (Wildman–Crippen LogP) is 3.04. The van der Waals surface area contributed by atoms with E-state index in [1.54, 1.807) is 18.2 Å². The van der Waals surface area contributed by atoms with Gasteiger partial charge in [-0.1, -0.05) is 23.9 Å². The fourth-order valence-electron chi connectivity index (χ4n) is 1.94. The van der Waals surface area contributed by atoms with Crippen LogP contribution in [-0.4, -0.2) is 29.0 Å². The molecule has 1 fully saturated rings. The predicted molar refractivity (Wildman–Crippen MR) is 74.1 cm³/mol. The van der Waals surface area contributed by atoms with Crippen LogP contribution in [0.4, 0.5) is 19.3 Å². The fraction of sp³-hybridized carbons (Fsp3) is 0.462. The number of urea groups is 1. The summed E-state index contributed by atoms with van der Waals surface area (Å²) in [6.07, 6.45) is 2.30. The number of amides is 2. The SMILES string of the molecule is O=C(NCC1(O)CCC1)Nc1ccccc1SC(F)F. The van der Waals surface area contributed by atoms with E-state index >= 15 is 0 Å². The first kappa shape index (κ1) is 15.1. The van der Waals surface area contributed by atoms with Gasteiger partial charge in [-0.15, -0.1) is 0 Å². The van der Waals surface area contributed by atoms with Crippen molar-refractivity contribution in [3.8, 4) is 0 Å². The molecule has 110 valence electrons. The molecule has 0 radical (unpaired) electrons. The van der Waals surface area contributed by atoms with Crippen molar-refractivity contribution < 1.29 is 18.7 Å². The summed E-state index contributed by atoms with van der Waals surface area (Å²) in [5.41, 5.74) is -0.481. The number of hydrogen-bond donors (Lipinski definition) is 3. The van der Waals surface area contributed by atoms with Crippen LogP contribution in [0.3, 0.4) is 0 Å². The molecule has 0 unspecified atom stereocenters. The van der Waals surface area contributed by atoms with Gasteiger partial charge < -0.3 is 15.7 Å². The monoisotopic (exact) mass is 302 g/mol. The summed E-state index contributed by atoms with van der Waals surface area (Å²) in [7, 11) is 0. The Morgan fingerprint density at radius 2 is 2.10 bits per heavy atom. The molecule has 3 N–H and O–H groups in total. The lowest BCUT2D eigenvalue weighted by Crippen LogP contribution is -2.48. The average Bonchev–Trinajstić information content (AvgIpc) is 2.36. The summed E-state index contributed by atoms with van der Waals surface area (Å²) in [4.78, 5) is 12.0. The molecule has 0 aliphatic heterocycles. The number of thioether (sulfide) groups is 1. The van der Waals surface area contributed by atoms with Crippen LogP contribution in [-0.2, 0) is 0 Å². The van der Waals surface area contributed by atoms with Crippen LogP contribution in [0.5, 0.6) is 0 Å². The Hall–Kier alpha value is -1.34. The summed E-state index contributed by atoms with van der Waals surface area (Å²) in [6.45, 7) is 0.170. The van der Waals surface area contributed by atoms with E-state index in [9.17, 15) is 18.7 Å². The number of carbonyl (C=O) groups is 1. The molecule has 0 aromatic heterocycles. The molecule has 0 atom stereocenters. The molecule has 1 aliphatic rings. The molecule has 0 spiro atoms. The Morgan fingerprint density at radius 3 is 2.70 bits per heavy atom. The van der Waals surface area contributed by atoms with Crippen LogP contribution in [0.1, 0.15) is 19.3 Å². The van der Waals surface area contributed by atoms with Crippen molar-refractivity contribution >= 4 is 23.5 Å². The Balaban J connectivity index is 1.90. The van der Waals surface area contributed by atoms with Crippen molar-refractivity contribution in [3.63, 3.8) is 0 Å². The average molecular weight is 302 g/mol. The van der Waals surface area contributed by atoms with Crippen molar-refractivity contribution in [2.75, 3.05) is 11.9 Å². The summed E-state index contributed by atoms with van der Waals surface area (Å²) in [5.74, 6) is -2.54. The number of carbonyl (C=O) groups excluding carboxylic acids is 1. The van der Waals surface area contributed by atoms with Gasteiger partial charge in [0, 0.05) is 11.4 Å². The van der Waals surface area contributed by atoms with Gasteiger partial charge in [0.05, 0.1) is 11.3 Å². The fourth-order valence-corrected chi connectivity index (χ4v) is 2.54. The van der Waals surface area contributed by atoms with Gasteiger partial charge in [-0.05, 0) is 31.4 Å². The van der Waals surface area contributed by atoms with Crippen LogP contribution in [0.25, 0.3) is 0 Å². The summed E-state index contributed by atoms with van der Waals surface area (Å²) >= 11 is 0.381. The summed E-state index contributed by atoms with van der Waals surface area (Å²) in [6, 6.07) is 5.86. The second-order valence-corrected chi connectivity index (χ2v) is 5.79. The van der Waals surface area contributed by atoms with E-state index in [0.717, 1.165) is 6.42 Å². The number of halogens is 2. The van der Waals surface area contributed by atoms with E-state index in [0.29, 0.717) is 35.2 Å². The minimum Gasteiger partial charge on any atom is -0.388 e. The van der Waals surface area contributed by atoms with E-state index in [4.69, 9.17) is 0 Å². The molecule has 1 aliphatic carbocycles. The first-order chi connectivity index (χ1) is 9.48. The molecule has 1 saturated carbocycles. The standard InChI is InChI=1S/C13H16F2N2O2S/c14-11(15)20-10-5-2-1-4-9(10)17-12(18)16-8-13(19)6-3-7-13/h1-2,4-5,11,19H,3,6-8H2,(H2,16,17,18). The van der Waals surface area contributed by atoms with Gasteiger partial charge in [0.25, 0.3) is 5.76 Å². The van der Waals surface area contributed by atoms with Gasteiger partial charge in [0.15, 0.2) is 0 Å². The highest BCUT2D eigenvalue weighted by molar-refractivity contribution is 7.99. The maximum Gasteiger partial charge on any atom is 0.319 e. The van der Waals surface area contributed by atoms with Crippen molar-refractivity contribution in [2.24, 2.45) is 0 Å². The number of nitrogens with one attached hydrogen (secondary N) is 2. The molecule has 2 rings (SSSR count). The molecule has 1 aromatic rings. The van der Waals surface area contributed by atoms with Crippen molar-refractivity contribution in [3.05, 3.63) is 24.3 Å². The second kappa shape index (κ2) is 6.41. The molecule has 2 amide bonds. The van der Waals surface area contributed by atoms with Gasteiger partial charge in [-0.3, -0.25) is 0 Å². The molecule has 7 heteroatoms. The third kappa shape index (κ3) is 4.08. The van der Waals surface area contributed by atoms with Crippen LogP contribution in [0.2, 0.25) is 0 Å². The molecule has 20 heavy (non-hydrogen) atoms. The lowest BCUT2D eigenvalue weighted by Gasteiger charge is -2.36. The Morgan fingerprint density at radius 1 is 1.40 bits per heavy atom. The van der Waals surface area contributed by atoms with Gasteiger partial charge in [-0.2, -0.15) is 8.78 Å². The Labute approximate surface area is 119 Å². The first-order valence-corrected chi connectivity index (χ1v) is 7.18. The van der Waals surface area contributed by atoms with Gasteiger partial charge in [0.1, 0.15) is 0 Å². The smallest absolute Gasteiger partial charge is 0.319 e. The zero-order valence-corrected chi connectivity index (χ0v) is 11.6. The van der Waals surface area contributed by atoms with E-state index in [2.05, 4.69) is 10.6 Å². The van der Waals surface area contributed by atoms with Crippen LogP contribution in [0.15, 0.2) is 29.2 Å². The van der Waals surface area contributed by atoms with Gasteiger partial charge >= 0.3 is 6.03 Å². The van der Waals surface area contributed by atoms with Crippen LogP contribution in [0, 0.1) is 0 Å². The lowest BCUT2D eigenvalue weighted by molar-refractivity contribution is -0.0287. The largest absolute Gasteiger partial charge is 0.388 e. The highest BCUT2D eigenvalue weighted by Crippen LogP contribution is 2.32. The minimum atomic E-state index is -2.54. The first-order valence-electron chi connectivity index (χ1n) is 6.30. The molecule has 1 aromatic carbocycles. The highest BCUT2D eigenvalue weighted by atomic mass is 32.2. The third-order valence-electron chi connectivity index (χ3n) is 3.21. The number of alkyl halides is 2. The zero-order valence-electron chi connectivity index (χ0n) is 10.7. The van der Waals surface area contributed by atoms with Crippen LogP contribution >= 0.6 is 11.8 Å². The quantitative estimate of drug-likeness (QED) is 0.733. The number of anilines is 1. The van der Waals surface area contributed by atoms with E-state index in [1.807, 2.05) is 0 Å². The maximum absolute atomic E-state index is 12.4.